The fraction of sp³-hybridized carbons (Fsp3) is 0.286. The number of aliphatic hydroxyl groups excluding tert-OH is 2. The molecular weight excluding hydrogens is 260 g/mol. The van der Waals surface area contributed by atoms with Crippen LogP contribution in [0, 0.1) is 0 Å². The lowest BCUT2D eigenvalue weighted by atomic mass is 10.1. The predicted octanol–water partition coefficient (Wildman–Crippen LogP) is 0.475. The standard InChI is InChI=1S/C14H14N2O4/c17-11-6-16(7-12(11)18)13-9-4-2-1-3-8(9)5-10(15-13)14(19)20/h1-5,11-12,17-18H,6-7H2,(H,19,20). The van der Waals surface area contributed by atoms with Gasteiger partial charge in [-0.3, -0.25) is 0 Å². The second-order valence-electron chi connectivity index (χ2n) is 4.90. The van der Waals surface area contributed by atoms with Crippen LogP contribution in [0.5, 0.6) is 0 Å². The molecule has 2 aromatic rings. The van der Waals surface area contributed by atoms with Crippen molar-refractivity contribution in [3.63, 3.8) is 0 Å². The molecule has 1 aliphatic heterocycles. The summed E-state index contributed by atoms with van der Waals surface area (Å²) in [4.78, 5) is 17.0. The third-order valence-corrected chi connectivity index (χ3v) is 3.50. The Labute approximate surface area is 114 Å². The number of hydrogen-bond donors (Lipinski definition) is 3. The molecule has 2 unspecified atom stereocenters. The minimum atomic E-state index is -1.10. The fourth-order valence-electron chi connectivity index (χ4n) is 2.47. The van der Waals surface area contributed by atoms with Crippen molar-refractivity contribution in [2.45, 2.75) is 12.2 Å². The van der Waals surface area contributed by atoms with Gasteiger partial charge in [0.05, 0.1) is 12.2 Å². The molecule has 0 bridgehead atoms. The lowest BCUT2D eigenvalue weighted by Crippen LogP contribution is -2.23. The van der Waals surface area contributed by atoms with E-state index in [0.717, 1.165) is 10.8 Å². The fourth-order valence-corrected chi connectivity index (χ4v) is 2.47. The summed E-state index contributed by atoms with van der Waals surface area (Å²) in [6, 6.07) is 8.85. The second kappa shape index (κ2) is 4.73. The number of aliphatic hydroxyl groups is 2. The lowest BCUT2D eigenvalue weighted by Gasteiger charge is -2.19. The van der Waals surface area contributed by atoms with Crippen LogP contribution in [-0.4, -0.2) is 51.6 Å². The molecule has 0 aliphatic carbocycles. The van der Waals surface area contributed by atoms with Crippen molar-refractivity contribution in [3.8, 4) is 0 Å². The van der Waals surface area contributed by atoms with Crippen LogP contribution in [-0.2, 0) is 0 Å². The Morgan fingerprint density at radius 3 is 2.50 bits per heavy atom. The van der Waals surface area contributed by atoms with E-state index in [4.69, 9.17) is 5.11 Å². The van der Waals surface area contributed by atoms with Gasteiger partial charge >= 0.3 is 5.97 Å². The third kappa shape index (κ3) is 2.09. The number of carboxylic acids is 1. The Balaban J connectivity index is 2.15. The van der Waals surface area contributed by atoms with Crippen molar-refractivity contribution in [1.82, 2.24) is 4.98 Å². The quantitative estimate of drug-likeness (QED) is 0.737. The number of aromatic nitrogens is 1. The largest absolute Gasteiger partial charge is 0.477 e. The molecule has 0 amide bonds. The lowest BCUT2D eigenvalue weighted by molar-refractivity contribution is 0.0572. The van der Waals surface area contributed by atoms with Gasteiger partial charge in [-0.15, -0.1) is 0 Å². The number of anilines is 1. The smallest absolute Gasteiger partial charge is 0.354 e. The Morgan fingerprint density at radius 2 is 1.85 bits per heavy atom. The van der Waals surface area contributed by atoms with E-state index in [0.29, 0.717) is 5.82 Å². The van der Waals surface area contributed by atoms with Gasteiger partial charge < -0.3 is 20.2 Å². The molecule has 1 aromatic carbocycles. The van der Waals surface area contributed by atoms with Crippen molar-refractivity contribution in [3.05, 3.63) is 36.0 Å². The first kappa shape index (κ1) is 12.8. The van der Waals surface area contributed by atoms with Crippen molar-refractivity contribution in [2.24, 2.45) is 0 Å². The Morgan fingerprint density at radius 1 is 1.20 bits per heavy atom. The van der Waals surface area contributed by atoms with Gasteiger partial charge in [-0.2, -0.15) is 0 Å². The maximum absolute atomic E-state index is 11.2. The second-order valence-corrected chi connectivity index (χ2v) is 4.90. The minimum absolute atomic E-state index is 0.0467. The zero-order valence-corrected chi connectivity index (χ0v) is 10.6. The highest BCUT2D eigenvalue weighted by atomic mass is 16.4. The number of aromatic carboxylic acids is 1. The highest BCUT2D eigenvalue weighted by Crippen LogP contribution is 2.28. The van der Waals surface area contributed by atoms with Gasteiger partial charge in [0.1, 0.15) is 5.82 Å². The van der Waals surface area contributed by atoms with Crippen LogP contribution in [0.25, 0.3) is 10.8 Å². The van der Waals surface area contributed by atoms with Crippen molar-refractivity contribution in [1.29, 1.82) is 0 Å². The minimum Gasteiger partial charge on any atom is -0.477 e. The van der Waals surface area contributed by atoms with Gasteiger partial charge in [-0.05, 0) is 11.5 Å². The molecule has 0 radical (unpaired) electrons. The van der Waals surface area contributed by atoms with E-state index < -0.39 is 18.2 Å². The molecular formula is C14H14N2O4. The number of nitrogens with zero attached hydrogens (tertiary/aromatic N) is 2. The normalized spacial score (nSPS) is 22.4. The molecule has 6 heteroatoms. The zero-order valence-electron chi connectivity index (χ0n) is 10.6. The first-order valence-electron chi connectivity index (χ1n) is 6.30. The van der Waals surface area contributed by atoms with Crippen molar-refractivity contribution in [2.75, 3.05) is 18.0 Å². The van der Waals surface area contributed by atoms with Crippen LogP contribution in [0.1, 0.15) is 10.5 Å². The molecule has 2 atom stereocenters. The molecule has 1 saturated heterocycles. The summed E-state index contributed by atoms with van der Waals surface area (Å²) >= 11 is 0. The number of pyridine rings is 1. The monoisotopic (exact) mass is 274 g/mol. The predicted molar refractivity (Wildman–Crippen MR) is 72.9 cm³/mol. The third-order valence-electron chi connectivity index (χ3n) is 3.50. The number of hydrogen-bond acceptors (Lipinski definition) is 5. The van der Waals surface area contributed by atoms with Gasteiger partial charge in [0, 0.05) is 18.5 Å². The van der Waals surface area contributed by atoms with Gasteiger partial charge in [-0.25, -0.2) is 9.78 Å². The topological polar surface area (TPSA) is 93.9 Å². The van der Waals surface area contributed by atoms with Crippen molar-refractivity contribution < 1.29 is 20.1 Å². The first-order chi connectivity index (χ1) is 9.56. The molecule has 3 N–H and O–H groups in total. The maximum atomic E-state index is 11.2. The van der Waals surface area contributed by atoms with Crippen LogP contribution in [0.2, 0.25) is 0 Å². The van der Waals surface area contributed by atoms with E-state index in [1.807, 2.05) is 24.3 Å². The molecule has 3 rings (SSSR count). The Hall–Kier alpha value is -2.18. The first-order valence-corrected chi connectivity index (χ1v) is 6.30. The van der Waals surface area contributed by atoms with Gasteiger partial charge in [0.25, 0.3) is 0 Å². The van der Waals surface area contributed by atoms with Crippen LogP contribution in [0.15, 0.2) is 30.3 Å². The summed E-state index contributed by atoms with van der Waals surface area (Å²) in [6.07, 6.45) is -1.69. The molecule has 20 heavy (non-hydrogen) atoms. The number of carbonyl (C=O) groups is 1. The number of benzene rings is 1. The van der Waals surface area contributed by atoms with Crippen LogP contribution in [0.3, 0.4) is 0 Å². The molecule has 0 spiro atoms. The Bertz CT molecular complexity index is 663. The van der Waals surface area contributed by atoms with E-state index in [-0.39, 0.29) is 18.8 Å². The summed E-state index contributed by atoms with van der Waals surface area (Å²) in [6.45, 7) is 0.475. The Kier molecular flexibility index (Phi) is 3.04. The van der Waals surface area contributed by atoms with E-state index in [2.05, 4.69) is 4.98 Å². The SMILES string of the molecule is O=C(O)c1cc2ccccc2c(N2CC(O)C(O)C2)n1. The van der Waals surface area contributed by atoms with Gasteiger partial charge in [-0.1, -0.05) is 24.3 Å². The highest BCUT2D eigenvalue weighted by molar-refractivity contribution is 5.98. The van der Waals surface area contributed by atoms with E-state index in [9.17, 15) is 15.0 Å². The number of carboxylic acid groups (broad SMARTS) is 1. The maximum Gasteiger partial charge on any atom is 0.354 e. The summed E-state index contributed by atoms with van der Waals surface area (Å²) < 4.78 is 0. The van der Waals surface area contributed by atoms with E-state index in [1.165, 1.54) is 6.07 Å². The molecule has 2 heterocycles. The average molecular weight is 274 g/mol. The summed E-state index contributed by atoms with van der Waals surface area (Å²) in [5.41, 5.74) is -0.0467. The molecule has 6 nitrogen and oxygen atoms in total. The van der Waals surface area contributed by atoms with Gasteiger partial charge in [0.2, 0.25) is 0 Å². The molecule has 0 saturated carbocycles. The summed E-state index contributed by atoms with van der Waals surface area (Å²) in [5.74, 6) is -0.617. The highest BCUT2D eigenvalue weighted by Gasteiger charge is 2.31. The number of β-amino-alcohol motifs (C(OH)–C–C–N with tert-alkyl or cyclic N) is 2. The van der Waals surface area contributed by atoms with E-state index >= 15 is 0 Å². The molecule has 104 valence electrons. The van der Waals surface area contributed by atoms with Gasteiger partial charge in [0.15, 0.2) is 5.69 Å². The molecule has 1 aromatic heterocycles. The van der Waals surface area contributed by atoms with Crippen molar-refractivity contribution >= 4 is 22.6 Å². The molecule has 1 fully saturated rings. The summed E-state index contributed by atoms with van der Waals surface area (Å²) in [5, 5.41) is 30.0. The summed E-state index contributed by atoms with van der Waals surface area (Å²) in [7, 11) is 0. The number of rotatable bonds is 2. The van der Waals surface area contributed by atoms with Crippen LogP contribution >= 0.6 is 0 Å². The molecule has 1 aliphatic rings. The van der Waals surface area contributed by atoms with Crippen LogP contribution < -0.4 is 4.90 Å². The van der Waals surface area contributed by atoms with Crippen LogP contribution in [0.4, 0.5) is 5.82 Å². The zero-order chi connectivity index (χ0) is 14.3. The number of fused-ring (bicyclic) bond motifs is 1. The average Bonchev–Trinajstić information content (AvgIpc) is 2.77. The van der Waals surface area contributed by atoms with E-state index in [1.54, 1.807) is 4.90 Å².